The minimum atomic E-state index is 0.328. The molecule has 1 aliphatic heterocycles. The Morgan fingerprint density at radius 2 is 1.95 bits per heavy atom. The normalized spacial score (nSPS) is 21.2. The van der Waals surface area contributed by atoms with Gasteiger partial charge in [-0.15, -0.1) is 0 Å². The lowest BCUT2D eigenvalue weighted by atomic mass is 10.2. The lowest BCUT2D eigenvalue weighted by Crippen LogP contribution is -2.38. The van der Waals surface area contributed by atoms with Crippen molar-refractivity contribution in [3.63, 3.8) is 0 Å². The van der Waals surface area contributed by atoms with Crippen molar-refractivity contribution >= 4 is 5.91 Å². The van der Waals surface area contributed by atoms with E-state index in [1.54, 1.807) is 0 Å². The van der Waals surface area contributed by atoms with E-state index in [1.807, 2.05) is 19.3 Å². The number of carbonyl (C=O) groups is 1. The van der Waals surface area contributed by atoms with Crippen LogP contribution in [0.4, 0.5) is 0 Å². The maximum atomic E-state index is 12.5. The summed E-state index contributed by atoms with van der Waals surface area (Å²) in [5.74, 6) is 0.328. The molecule has 2 heterocycles. The van der Waals surface area contributed by atoms with Gasteiger partial charge in [-0.25, -0.2) is 0 Å². The van der Waals surface area contributed by atoms with Gasteiger partial charge in [0.25, 0.3) is 0 Å². The number of nitrogens with zero attached hydrogens (tertiary/aromatic N) is 3. The second-order valence-electron chi connectivity index (χ2n) is 6.82. The van der Waals surface area contributed by atoms with Crippen molar-refractivity contribution in [2.45, 2.75) is 51.0 Å². The van der Waals surface area contributed by atoms with Crippen LogP contribution < -0.4 is 0 Å². The second kappa shape index (κ2) is 7.32. The lowest BCUT2D eigenvalue weighted by Gasteiger charge is -2.27. The Morgan fingerprint density at radius 3 is 2.68 bits per heavy atom. The summed E-state index contributed by atoms with van der Waals surface area (Å²) in [6.07, 6.45) is 10.2. The zero-order valence-electron chi connectivity index (χ0n) is 13.8. The predicted octanol–water partition coefficient (Wildman–Crippen LogP) is 2.43. The third kappa shape index (κ3) is 3.72. The van der Waals surface area contributed by atoms with Gasteiger partial charge in [0, 0.05) is 57.6 Å². The molecule has 4 nitrogen and oxygen atoms in total. The van der Waals surface area contributed by atoms with E-state index in [0.29, 0.717) is 12.3 Å². The Balaban J connectivity index is 1.47. The Kier molecular flexibility index (Phi) is 5.19. The highest BCUT2D eigenvalue weighted by molar-refractivity contribution is 5.76. The zero-order valence-corrected chi connectivity index (χ0v) is 13.8. The van der Waals surface area contributed by atoms with E-state index in [2.05, 4.69) is 20.4 Å². The van der Waals surface area contributed by atoms with Gasteiger partial charge in [-0.1, -0.05) is 12.8 Å². The number of rotatable bonds is 4. The topological polar surface area (TPSA) is 28.5 Å². The van der Waals surface area contributed by atoms with Crippen LogP contribution in [0.15, 0.2) is 18.3 Å². The molecule has 0 aromatic carbocycles. The van der Waals surface area contributed by atoms with Gasteiger partial charge in [-0.2, -0.15) is 0 Å². The largest absolute Gasteiger partial charge is 0.354 e. The van der Waals surface area contributed by atoms with E-state index in [9.17, 15) is 4.79 Å². The van der Waals surface area contributed by atoms with Gasteiger partial charge in [0.1, 0.15) is 0 Å². The van der Waals surface area contributed by atoms with Crippen molar-refractivity contribution < 1.29 is 4.79 Å². The summed E-state index contributed by atoms with van der Waals surface area (Å²) in [7, 11) is 2.05. The molecule has 0 atom stereocenters. The summed E-state index contributed by atoms with van der Waals surface area (Å²) < 4.78 is 2.11. The monoisotopic (exact) mass is 303 g/mol. The molecule has 4 heteroatoms. The summed E-state index contributed by atoms with van der Waals surface area (Å²) >= 11 is 0. The summed E-state index contributed by atoms with van der Waals surface area (Å²) in [5, 5.41) is 0. The van der Waals surface area contributed by atoms with Crippen LogP contribution in [0.25, 0.3) is 0 Å². The van der Waals surface area contributed by atoms with E-state index < -0.39 is 0 Å². The third-order valence-electron chi connectivity index (χ3n) is 5.37. The van der Waals surface area contributed by atoms with Crippen LogP contribution in [0.1, 0.15) is 44.2 Å². The molecule has 0 radical (unpaired) electrons. The second-order valence-corrected chi connectivity index (χ2v) is 6.82. The molecule has 22 heavy (non-hydrogen) atoms. The van der Waals surface area contributed by atoms with Crippen molar-refractivity contribution in [1.82, 2.24) is 14.4 Å². The molecule has 1 saturated heterocycles. The van der Waals surface area contributed by atoms with Crippen LogP contribution in [0.5, 0.6) is 0 Å². The SMILES string of the molecule is Cn1cccc1CCC(=O)N1CCCN(C2CCCC2)CC1. The fraction of sp³-hybridized carbons (Fsp3) is 0.722. The average molecular weight is 303 g/mol. The van der Waals surface area contributed by atoms with E-state index in [-0.39, 0.29) is 0 Å². The Labute approximate surface area is 134 Å². The molecule has 122 valence electrons. The highest BCUT2D eigenvalue weighted by Crippen LogP contribution is 2.24. The number of hydrogen-bond acceptors (Lipinski definition) is 2. The molecule has 0 spiro atoms. The molecule has 1 aromatic heterocycles. The van der Waals surface area contributed by atoms with Crippen molar-refractivity contribution in [2.24, 2.45) is 7.05 Å². The number of amides is 1. The minimum Gasteiger partial charge on any atom is -0.354 e. The van der Waals surface area contributed by atoms with Gasteiger partial charge < -0.3 is 9.47 Å². The van der Waals surface area contributed by atoms with Gasteiger partial charge >= 0.3 is 0 Å². The summed E-state index contributed by atoms with van der Waals surface area (Å²) in [5.41, 5.74) is 1.25. The van der Waals surface area contributed by atoms with E-state index >= 15 is 0 Å². The zero-order chi connectivity index (χ0) is 15.4. The smallest absolute Gasteiger partial charge is 0.223 e. The minimum absolute atomic E-state index is 0.328. The first-order chi connectivity index (χ1) is 10.7. The number of hydrogen-bond donors (Lipinski definition) is 0. The first kappa shape index (κ1) is 15.6. The quantitative estimate of drug-likeness (QED) is 0.855. The highest BCUT2D eigenvalue weighted by Gasteiger charge is 2.25. The van der Waals surface area contributed by atoms with E-state index in [1.165, 1.54) is 37.9 Å². The third-order valence-corrected chi connectivity index (χ3v) is 5.37. The molecule has 1 aromatic rings. The van der Waals surface area contributed by atoms with Gasteiger partial charge in [0.15, 0.2) is 0 Å². The average Bonchev–Trinajstić information content (AvgIpc) is 3.12. The van der Waals surface area contributed by atoms with Crippen LogP contribution in [0, 0.1) is 0 Å². The Hall–Kier alpha value is -1.29. The summed E-state index contributed by atoms with van der Waals surface area (Å²) in [4.78, 5) is 17.2. The number of aromatic nitrogens is 1. The van der Waals surface area contributed by atoms with Crippen LogP contribution in [0.2, 0.25) is 0 Å². The van der Waals surface area contributed by atoms with Gasteiger partial charge in [0.2, 0.25) is 5.91 Å². The Bertz CT molecular complexity index is 490. The number of aryl methyl sites for hydroxylation is 2. The van der Waals surface area contributed by atoms with Crippen LogP contribution >= 0.6 is 0 Å². The van der Waals surface area contributed by atoms with Gasteiger partial charge in [0.05, 0.1) is 0 Å². The first-order valence-electron chi connectivity index (χ1n) is 8.86. The van der Waals surface area contributed by atoms with Gasteiger partial charge in [-0.05, 0) is 37.8 Å². The Morgan fingerprint density at radius 1 is 1.14 bits per heavy atom. The van der Waals surface area contributed by atoms with Gasteiger partial charge in [-0.3, -0.25) is 9.69 Å². The van der Waals surface area contributed by atoms with Crippen molar-refractivity contribution in [2.75, 3.05) is 26.2 Å². The maximum absolute atomic E-state index is 12.5. The van der Waals surface area contributed by atoms with Crippen molar-refractivity contribution in [1.29, 1.82) is 0 Å². The molecule has 0 N–H and O–H groups in total. The predicted molar refractivity (Wildman–Crippen MR) is 88.8 cm³/mol. The van der Waals surface area contributed by atoms with Crippen LogP contribution in [0.3, 0.4) is 0 Å². The van der Waals surface area contributed by atoms with Crippen molar-refractivity contribution in [3.8, 4) is 0 Å². The fourth-order valence-corrected chi connectivity index (χ4v) is 3.97. The lowest BCUT2D eigenvalue weighted by molar-refractivity contribution is -0.131. The van der Waals surface area contributed by atoms with Crippen LogP contribution in [-0.2, 0) is 18.3 Å². The molecule has 2 aliphatic rings. The molecule has 0 bridgehead atoms. The fourth-order valence-electron chi connectivity index (χ4n) is 3.97. The summed E-state index contributed by atoms with van der Waals surface area (Å²) in [6.45, 7) is 4.10. The maximum Gasteiger partial charge on any atom is 0.223 e. The molecule has 1 saturated carbocycles. The highest BCUT2D eigenvalue weighted by atomic mass is 16.2. The molecular formula is C18H29N3O. The molecular weight excluding hydrogens is 274 g/mol. The molecule has 1 aliphatic carbocycles. The summed E-state index contributed by atoms with van der Waals surface area (Å²) in [6, 6.07) is 4.95. The molecule has 1 amide bonds. The van der Waals surface area contributed by atoms with Crippen molar-refractivity contribution in [3.05, 3.63) is 24.0 Å². The molecule has 0 unspecified atom stereocenters. The first-order valence-corrected chi connectivity index (χ1v) is 8.86. The number of carbonyl (C=O) groups excluding carboxylic acids is 1. The molecule has 2 fully saturated rings. The standard InChI is InChI=1S/C18H29N3O/c1-19-11-4-8-16(19)9-10-18(22)21-13-5-12-20(14-15-21)17-6-2-3-7-17/h4,8,11,17H,2-3,5-7,9-10,12-15H2,1H3. The van der Waals surface area contributed by atoms with Crippen LogP contribution in [-0.4, -0.2) is 52.5 Å². The van der Waals surface area contributed by atoms with E-state index in [0.717, 1.165) is 38.5 Å². The molecule has 3 rings (SSSR count). The van der Waals surface area contributed by atoms with E-state index in [4.69, 9.17) is 0 Å².